The smallest absolute Gasteiger partial charge is 0.266 e. The molecule has 18 heavy (non-hydrogen) atoms. The first-order valence-corrected chi connectivity index (χ1v) is 5.79. The molecule has 0 bridgehead atoms. The zero-order chi connectivity index (χ0) is 12.2. The van der Waals surface area contributed by atoms with Crippen molar-refractivity contribution in [2.75, 3.05) is 13.2 Å². The minimum absolute atomic E-state index is 0.224. The summed E-state index contributed by atoms with van der Waals surface area (Å²) < 4.78 is 11.6. The van der Waals surface area contributed by atoms with Crippen LogP contribution in [0.2, 0.25) is 0 Å². The van der Waals surface area contributed by atoms with E-state index >= 15 is 0 Å². The van der Waals surface area contributed by atoms with Crippen molar-refractivity contribution in [1.82, 2.24) is 9.97 Å². The van der Waals surface area contributed by atoms with Crippen molar-refractivity contribution in [2.24, 2.45) is 0 Å². The number of aromatic nitrogens is 2. The minimum Gasteiger partial charge on any atom is -0.339 e. The molecule has 90 valence electrons. The van der Waals surface area contributed by atoms with Gasteiger partial charge in [-0.15, -0.1) is 0 Å². The number of nitrogens with zero attached hydrogens (tertiary/aromatic N) is 1. The molecule has 1 aliphatic heterocycles. The van der Waals surface area contributed by atoms with E-state index in [1.165, 1.54) is 6.20 Å². The van der Waals surface area contributed by atoms with E-state index in [2.05, 4.69) is 9.97 Å². The first kappa shape index (κ1) is 9.99. The second-order valence-corrected chi connectivity index (χ2v) is 4.33. The molecule has 2 aromatic rings. The zero-order valence-electron chi connectivity index (χ0n) is 9.47. The Labute approximate surface area is 102 Å². The summed E-state index contributed by atoms with van der Waals surface area (Å²) in [6.45, 7) is 1.04. The van der Waals surface area contributed by atoms with Crippen LogP contribution < -0.4 is 5.56 Å². The summed E-state index contributed by atoms with van der Waals surface area (Å²) in [5, 5.41) is 0. The number of hydrogen-bond acceptors (Lipinski definition) is 4. The topological polar surface area (TPSA) is 64.2 Å². The van der Waals surface area contributed by atoms with Crippen molar-refractivity contribution in [1.29, 1.82) is 0 Å². The Morgan fingerprint density at radius 2 is 2.00 bits per heavy atom. The van der Waals surface area contributed by atoms with Crippen LogP contribution in [0.1, 0.15) is 11.3 Å². The van der Waals surface area contributed by atoms with Gasteiger partial charge in [0.15, 0.2) is 0 Å². The molecule has 5 nitrogen and oxygen atoms in total. The number of hydrogen-bond donors (Lipinski definition) is 1. The molecule has 1 aromatic heterocycles. The van der Waals surface area contributed by atoms with Crippen LogP contribution in [0.5, 0.6) is 0 Å². The average Bonchev–Trinajstić information content (AvgIpc) is 2.97. The molecule has 1 N–H and O–H groups in total. The molecule has 1 spiro atoms. The Morgan fingerprint density at radius 3 is 2.83 bits per heavy atom. The third-order valence-corrected chi connectivity index (χ3v) is 3.35. The normalized spacial score (nSPS) is 18.9. The van der Waals surface area contributed by atoms with E-state index in [1.807, 2.05) is 24.3 Å². The molecule has 0 radical (unpaired) electrons. The highest BCUT2D eigenvalue weighted by atomic mass is 16.7. The first-order valence-electron chi connectivity index (χ1n) is 5.79. The molecular formula is C13H10N2O3. The molecular weight excluding hydrogens is 232 g/mol. The van der Waals surface area contributed by atoms with Gasteiger partial charge in [0, 0.05) is 11.1 Å². The van der Waals surface area contributed by atoms with Gasteiger partial charge in [0.05, 0.1) is 25.1 Å². The number of benzene rings is 1. The zero-order valence-corrected chi connectivity index (χ0v) is 9.47. The van der Waals surface area contributed by atoms with Crippen molar-refractivity contribution < 1.29 is 9.47 Å². The SMILES string of the molecule is O=c1cnc2c([nH]1)-c1ccccc1C21OCCO1. The fourth-order valence-corrected chi connectivity index (χ4v) is 2.67. The summed E-state index contributed by atoms with van der Waals surface area (Å²) in [5.74, 6) is -0.934. The second-order valence-electron chi connectivity index (χ2n) is 4.33. The number of rotatable bonds is 0. The number of aromatic amines is 1. The number of nitrogens with one attached hydrogen (secondary N) is 1. The maximum Gasteiger partial charge on any atom is 0.266 e. The standard InChI is InChI=1S/C13H10N2O3/c16-10-7-14-12-11(15-10)8-3-1-2-4-9(8)13(12)17-5-6-18-13/h1-4,7H,5-6H2,(H,15,16). The summed E-state index contributed by atoms with van der Waals surface area (Å²) in [6.07, 6.45) is 1.26. The summed E-state index contributed by atoms with van der Waals surface area (Å²) >= 11 is 0. The van der Waals surface area contributed by atoms with Gasteiger partial charge in [-0.25, -0.2) is 4.98 Å². The van der Waals surface area contributed by atoms with Crippen molar-refractivity contribution in [2.45, 2.75) is 5.79 Å². The molecule has 0 atom stereocenters. The molecule has 0 unspecified atom stereocenters. The Balaban J connectivity index is 2.11. The van der Waals surface area contributed by atoms with E-state index in [-0.39, 0.29) is 5.56 Å². The van der Waals surface area contributed by atoms with E-state index in [4.69, 9.17) is 9.47 Å². The van der Waals surface area contributed by atoms with Gasteiger partial charge in [0.25, 0.3) is 5.56 Å². The predicted molar refractivity (Wildman–Crippen MR) is 63.0 cm³/mol. The molecule has 2 aliphatic rings. The first-order chi connectivity index (χ1) is 8.81. The molecule has 1 saturated heterocycles. The lowest BCUT2D eigenvalue weighted by molar-refractivity contribution is -0.129. The summed E-state index contributed by atoms with van der Waals surface area (Å²) in [6, 6.07) is 7.73. The van der Waals surface area contributed by atoms with Crippen LogP contribution in [0.15, 0.2) is 35.3 Å². The third-order valence-electron chi connectivity index (χ3n) is 3.35. The highest BCUT2D eigenvalue weighted by Gasteiger charge is 2.50. The summed E-state index contributed by atoms with van der Waals surface area (Å²) in [7, 11) is 0. The van der Waals surface area contributed by atoms with E-state index < -0.39 is 5.79 Å². The van der Waals surface area contributed by atoms with Crippen LogP contribution in [-0.4, -0.2) is 23.2 Å². The molecule has 0 amide bonds. The average molecular weight is 242 g/mol. The fourth-order valence-electron chi connectivity index (χ4n) is 2.67. The lowest BCUT2D eigenvalue weighted by Crippen LogP contribution is -2.27. The number of fused-ring (bicyclic) bond motifs is 5. The van der Waals surface area contributed by atoms with Crippen LogP contribution >= 0.6 is 0 Å². The van der Waals surface area contributed by atoms with Crippen LogP contribution in [0.3, 0.4) is 0 Å². The quantitative estimate of drug-likeness (QED) is 0.748. The third kappa shape index (κ3) is 1.07. The lowest BCUT2D eigenvalue weighted by Gasteiger charge is -2.22. The van der Waals surface area contributed by atoms with Gasteiger partial charge in [-0.2, -0.15) is 0 Å². The summed E-state index contributed by atoms with van der Waals surface area (Å²) in [4.78, 5) is 18.5. The van der Waals surface area contributed by atoms with E-state index in [1.54, 1.807) is 0 Å². The van der Waals surface area contributed by atoms with Gasteiger partial charge in [-0.1, -0.05) is 24.3 Å². The minimum atomic E-state index is -0.934. The van der Waals surface area contributed by atoms with Gasteiger partial charge < -0.3 is 14.5 Å². The molecule has 4 rings (SSSR count). The predicted octanol–water partition coefficient (Wildman–Crippen LogP) is 0.998. The van der Waals surface area contributed by atoms with Crippen LogP contribution in [0, 0.1) is 0 Å². The lowest BCUT2D eigenvalue weighted by atomic mass is 10.1. The maximum atomic E-state index is 11.4. The largest absolute Gasteiger partial charge is 0.339 e. The molecule has 0 saturated carbocycles. The van der Waals surface area contributed by atoms with Gasteiger partial charge in [0.2, 0.25) is 5.79 Å². The highest BCUT2D eigenvalue weighted by molar-refractivity contribution is 5.74. The number of H-pyrrole nitrogens is 1. The van der Waals surface area contributed by atoms with Crippen molar-refractivity contribution in [3.63, 3.8) is 0 Å². The Kier molecular flexibility index (Phi) is 1.82. The van der Waals surface area contributed by atoms with Gasteiger partial charge >= 0.3 is 0 Å². The molecule has 2 heterocycles. The van der Waals surface area contributed by atoms with Crippen molar-refractivity contribution >= 4 is 0 Å². The van der Waals surface area contributed by atoms with Crippen LogP contribution in [0.25, 0.3) is 11.3 Å². The van der Waals surface area contributed by atoms with Crippen LogP contribution in [-0.2, 0) is 15.3 Å². The molecule has 5 heteroatoms. The van der Waals surface area contributed by atoms with Crippen molar-refractivity contribution in [3.05, 3.63) is 52.1 Å². The molecule has 1 aromatic carbocycles. The second kappa shape index (κ2) is 3.28. The van der Waals surface area contributed by atoms with E-state index in [0.717, 1.165) is 11.1 Å². The Bertz CT molecular complexity index is 687. The Hall–Kier alpha value is -1.98. The van der Waals surface area contributed by atoms with Gasteiger partial charge in [0.1, 0.15) is 5.69 Å². The maximum absolute atomic E-state index is 11.4. The molecule has 1 aliphatic carbocycles. The monoisotopic (exact) mass is 242 g/mol. The van der Waals surface area contributed by atoms with Crippen molar-refractivity contribution in [3.8, 4) is 11.3 Å². The molecule has 1 fully saturated rings. The van der Waals surface area contributed by atoms with Crippen LogP contribution in [0.4, 0.5) is 0 Å². The van der Waals surface area contributed by atoms with E-state index in [0.29, 0.717) is 24.6 Å². The fraction of sp³-hybridized carbons (Fsp3) is 0.231. The highest BCUT2D eigenvalue weighted by Crippen LogP contribution is 2.49. The van der Waals surface area contributed by atoms with Gasteiger partial charge in [-0.05, 0) is 0 Å². The Morgan fingerprint density at radius 1 is 1.22 bits per heavy atom. The number of ether oxygens (including phenoxy) is 2. The van der Waals surface area contributed by atoms with E-state index in [9.17, 15) is 4.79 Å². The van der Waals surface area contributed by atoms with Gasteiger partial charge in [-0.3, -0.25) is 4.79 Å². The summed E-state index contributed by atoms with van der Waals surface area (Å²) in [5.41, 5.74) is 2.94.